The third kappa shape index (κ3) is 2.17. The molecule has 0 saturated heterocycles. The van der Waals surface area contributed by atoms with Crippen LogP contribution in [-0.2, 0) is 4.87 Å². The Morgan fingerprint density at radius 3 is 1.20 bits per heavy atom. The van der Waals surface area contributed by atoms with E-state index in [1.54, 1.807) is 18.6 Å². The predicted molar refractivity (Wildman–Crippen MR) is 78.4 cm³/mol. The average molecular weight is 282 g/mol. The Labute approximate surface area is 122 Å². The molecule has 0 radical (unpaired) electrons. The molecular formula is C16H12ClN3. The number of pyridine rings is 3. The molecule has 0 spiro atoms. The molecule has 3 heterocycles. The normalized spacial score (nSPS) is 11.2. The third-order valence-corrected chi connectivity index (χ3v) is 3.63. The molecule has 0 N–H and O–H groups in total. The second kappa shape index (κ2) is 5.39. The number of hydrogen-bond donors (Lipinski definition) is 0. The first-order valence-corrected chi connectivity index (χ1v) is 6.63. The molecule has 98 valence electrons. The van der Waals surface area contributed by atoms with Gasteiger partial charge in [-0.05, 0) is 36.4 Å². The van der Waals surface area contributed by atoms with Gasteiger partial charge >= 0.3 is 0 Å². The molecule has 3 aromatic rings. The number of nitrogens with zero attached hydrogens (tertiary/aromatic N) is 3. The van der Waals surface area contributed by atoms with Crippen molar-refractivity contribution in [3.05, 3.63) is 90.3 Å². The molecule has 0 saturated carbocycles. The Hall–Kier alpha value is -2.26. The minimum absolute atomic E-state index is 0.707. The van der Waals surface area contributed by atoms with Gasteiger partial charge in [-0.2, -0.15) is 0 Å². The Morgan fingerprint density at radius 2 is 0.950 bits per heavy atom. The Kier molecular flexibility index (Phi) is 3.44. The van der Waals surface area contributed by atoms with Gasteiger partial charge in [-0.15, -0.1) is 0 Å². The molecule has 3 rings (SSSR count). The minimum atomic E-state index is -0.982. The third-order valence-electron chi connectivity index (χ3n) is 3.05. The molecule has 3 nitrogen and oxygen atoms in total. The molecule has 0 aliphatic rings. The summed E-state index contributed by atoms with van der Waals surface area (Å²) < 4.78 is 0. The predicted octanol–water partition coefficient (Wildman–Crippen LogP) is 3.40. The second-order valence-corrected chi connectivity index (χ2v) is 4.87. The molecule has 0 aromatic carbocycles. The molecule has 4 heteroatoms. The van der Waals surface area contributed by atoms with E-state index in [2.05, 4.69) is 15.0 Å². The van der Waals surface area contributed by atoms with Crippen molar-refractivity contribution in [3.8, 4) is 0 Å². The minimum Gasteiger partial charge on any atom is -0.259 e. The zero-order valence-corrected chi connectivity index (χ0v) is 11.4. The lowest BCUT2D eigenvalue weighted by atomic mass is 9.94. The maximum atomic E-state index is 6.93. The lowest BCUT2D eigenvalue weighted by Crippen LogP contribution is -2.26. The van der Waals surface area contributed by atoms with Gasteiger partial charge in [0, 0.05) is 18.6 Å². The van der Waals surface area contributed by atoms with E-state index in [1.807, 2.05) is 54.6 Å². The van der Waals surface area contributed by atoms with Gasteiger partial charge in [0.2, 0.25) is 0 Å². The highest BCUT2D eigenvalue weighted by Gasteiger charge is 2.38. The molecule has 0 unspecified atom stereocenters. The SMILES string of the molecule is ClC(c1ccccn1)(c1ccccn1)c1ccccn1. The Balaban J connectivity index is 2.24. The topological polar surface area (TPSA) is 38.7 Å². The number of alkyl halides is 1. The molecule has 0 aliphatic heterocycles. The summed E-state index contributed by atoms with van der Waals surface area (Å²) in [6.45, 7) is 0. The maximum absolute atomic E-state index is 6.93. The van der Waals surface area contributed by atoms with Crippen molar-refractivity contribution in [2.45, 2.75) is 4.87 Å². The van der Waals surface area contributed by atoms with E-state index in [1.165, 1.54) is 0 Å². The molecule has 0 atom stereocenters. The quantitative estimate of drug-likeness (QED) is 0.691. The Bertz CT molecular complexity index is 575. The summed E-state index contributed by atoms with van der Waals surface area (Å²) in [6.07, 6.45) is 5.16. The van der Waals surface area contributed by atoms with Crippen LogP contribution in [0.3, 0.4) is 0 Å². The summed E-state index contributed by atoms with van der Waals surface area (Å²) in [5, 5.41) is 0. The van der Waals surface area contributed by atoms with Crippen molar-refractivity contribution in [3.63, 3.8) is 0 Å². The van der Waals surface area contributed by atoms with Crippen LogP contribution >= 0.6 is 11.6 Å². The molecule has 0 aliphatic carbocycles. The van der Waals surface area contributed by atoms with E-state index < -0.39 is 4.87 Å². The van der Waals surface area contributed by atoms with Crippen LogP contribution in [0.15, 0.2) is 73.2 Å². The largest absolute Gasteiger partial charge is 0.259 e. The number of hydrogen-bond acceptors (Lipinski definition) is 3. The van der Waals surface area contributed by atoms with E-state index in [4.69, 9.17) is 11.6 Å². The van der Waals surface area contributed by atoms with Crippen molar-refractivity contribution in [1.82, 2.24) is 15.0 Å². The lowest BCUT2D eigenvalue weighted by molar-refractivity contribution is 0.766. The lowest BCUT2D eigenvalue weighted by Gasteiger charge is -2.25. The molecule has 20 heavy (non-hydrogen) atoms. The van der Waals surface area contributed by atoms with Gasteiger partial charge in [-0.25, -0.2) is 0 Å². The highest BCUT2D eigenvalue weighted by atomic mass is 35.5. The Morgan fingerprint density at radius 1 is 0.600 bits per heavy atom. The summed E-state index contributed by atoms with van der Waals surface area (Å²) in [7, 11) is 0. The van der Waals surface area contributed by atoms with E-state index >= 15 is 0 Å². The van der Waals surface area contributed by atoms with Crippen LogP contribution in [0.5, 0.6) is 0 Å². The van der Waals surface area contributed by atoms with Gasteiger partial charge in [0.05, 0.1) is 17.1 Å². The van der Waals surface area contributed by atoms with E-state index in [0.29, 0.717) is 17.1 Å². The number of aromatic nitrogens is 3. The number of rotatable bonds is 3. The van der Waals surface area contributed by atoms with Crippen LogP contribution in [0.25, 0.3) is 0 Å². The summed E-state index contributed by atoms with van der Waals surface area (Å²) in [4.78, 5) is 12.2. The van der Waals surface area contributed by atoms with Gasteiger partial charge in [0.1, 0.15) is 0 Å². The smallest absolute Gasteiger partial charge is 0.170 e. The summed E-state index contributed by atoms with van der Waals surface area (Å²) >= 11 is 6.93. The van der Waals surface area contributed by atoms with Crippen LogP contribution in [0.2, 0.25) is 0 Å². The monoisotopic (exact) mass is 281 g/mol. The zero-order valence-electron chi connectivity index (χ0n) is 10.6. The van der Waals surface area contributed by atoms with Gasteiger partial charge in [-0.1, -0.05) is 29.8 Å². The van der Waals surface area contributed by atoms with Gasteiger partial charge in [0.25, 0.3) is 0 Å². The number of halogens is 1. The standard InChI is InChI=1S/C16H12ClN3/c17-16(13-7-1-4-10-18-13,14-8-2-5-11-19-14)15-9-3-6-12-20-15/h1-12H. The van der Waals surface area contributed by atoms with E-state index in [9.17, 15) is 0 Å². The van der Waals surface area contributed by atoms with Gasteiger partial charge < -0.3 is 0 Å². The van der Waals surface area contributed by atoms with Crippen molar-refractivity contribution >= 4 is 11.6 Å². The van der Waals surface area contributed by atoms with E-state index in [0.717, 1.165) is 0 Å². The van der Waals surface area contributed by atoms with E-state index in [-0.39, 0.29) is 0 Å². The van der Waals surface area contributed by atoms with Crippen molar-refractivity contribution in [2.24, 2.45) is 0 Å². The van der Waals surface area contributed by atoms with Crippen LogP contribution in [0, 0.1) is 0 Å². The fourth-order valence-electron chi connectivity index (χ4n) is 2.09. The summed E-state index contributed by atoms with van der Waals surface area (Å²) in [5.41, 5.74) is 2.12. The summed E-state index contributed by atoms with van der Waals surface area (Å²) in [5.74, 6) is 0. The fourth-order valence-corrected chi connectivity index (χ4v) is 2.43. The van der Waals surface area contributed by atoms with Crippen LogP contribution in [0.1, 0.15) is 17.1 Å². The van der Waals surface area contributed by atoms with Crippen LogP contribution in [0.4, 0.5) is 0 Å². The van der Waals surface area contributed by atoms with Crippen LogP contribution < -0.4 is 0 Å². The first-order valence-electron chi connectivity index (χ1n) is 6.25. The van der Waals surface area contributed by atoms with Crippen molar-refractivity contribution in [2.75, 3.05) is 0 Å². The highest BCUT2D eigenvalue weighted by molar-refractivity contribution is 6.27. The average Bonchev–Trinajstić information content (AvgIpc) is 2.56. The molecule has 3 aromatic heterocycles. The summed E-state index contributed by atoms with van der Waals surface area (Å²) in [6, 6.07) is 17.0. The molecular weight excluding hydrogens is 270 g/mol. The second-order valence-electron chi connectivity index (χ2n) is 4.30. The van der Waals surface area contributed by atoms with Crippen molar-refractivity contribution < 1.29 is 0 Å². The fraction of sp³-hybridized carbons (Fsp3) is 0.0625. The molecule has 0 fully saturated rings. The first kappa shape index (κ1) is 12.8. The van der Waals surface area contributed by atoms with Gasteiger partial charge in [-0.3, -0.25) is 15.0 Å². The first-order chi connectivity index (χ1) is 9.82. The molecule has 0 amide bonds. The highest BCUT2D eigenvalue weighted by Crippen LogP contribution is 2.39. The van der Waals surface area contributed by atoms with Crippen molar-refractivity contribution in [1.29, 1.82) is 0 Å². The van der Waals surface area contributed by atoms with Gasteiger partial charge in [0.15, 0.2) is 4.87 Å². The van der Waals surface area contributed by atoms with Crippen LogP contribution in [-0.4, -0.2) is 15.0 Å². The maximum Gasteiger partial charge on any atom is 0.170 e. The zero-order chi connectivity index (χ0) is 13.8. The molecule has 0 bridgehead atoms.